The van der Waals surface area contributed by atoms with E-state index in [9.17, 15) is 9.18 Å². The molecule has 0 bridgehead atoms. The summed E-state index contributed by atoms with van der Waals surface area (Å²) in [7, 11) is 2.95. The predicted octanol–water partition coefficient (Wildman–Crippen LogP) is 2.99. The number of halogens is 2. The van der Waals surface area contributed by atoms with Crippen LogP contribution in [0.3, 0.4) is 0 Å². The van der Waals surface area contributed by atoms with Crippen LogP contribution in [0.15, 0.2) is 16.6 Å². The van der Waals surface area contributed by atoms with Crippen LogP contribution in [-0.4, -0.2) is 39.4 Å². The molecule has 0 spiro atoms. The predicted molar refractivity (Wildman–Crippen MR) is 77.7 cm³/mol. The van der Waals surface area contributed by atoms with Crippen molar-refractivity contribution in [2.45, 2.75) is 18.9 Å². The van der Waals surface area contributed by atoms with E-state index in [1.165, 1.54) is 13.2 Å². The van der Waals surface area contributed by atoms with Crippen LogP contribution in [0.25, 0.3) is 0 Å². The van der Waals surface area contributed by atoms with Gasteiger partial charge in [0, 0.05) is 24.7 Å². The number of ether oxygens (including phenoxy) is 2. The smallest absolute Gasteiger partial charge is 0.342 e. The van der Waals surface area contributed by atoms with Gasteiger partial charge in [-0.1, -0.05) is 15.9 Å². The lowest BCUT2D eigenvalue weighted by Crippen LogP contribution is -2.37. The molecule has 1 saturated heterocycles. The van der Waals surface area contributed by atoms with E-state index in [2.05, 4.69) is 20.7 Å². The quantitative estimate of drug-likeness (QED) is 0.789. The summed E-state index contributed by atoms with van der Waals surface area (Å²) in [6.45, 7) is 1.44. The number of piperidine rings is 1. The Kier molecular flexibility index (Phi) is 4.99. The van der Waals surface area contributed by atoms with Gasteiger partial charge in [0.2, 0.25) is 0 Å². The first-order chi connectivity index (χ1) is 9.56. The van der Waals surface area contributed by atoms with E-state index in [-0.39, 0.29) is 11.7 Å². The van der Waals surface area contributed by atoms with Gasteiger partial charge in [-0.15, -0.1) is 0 Å². The molecule has 0 amide bonds. The Morgan fingerprint density at radius 3 is 2.55 bits per heavy atom. The first-order valence-electron chi connectivity index (χ1n) is 6.42. The van der Waals surface area contributed by atoms with Gasteiger partial charge in [0.05, 0.1) is 18.9 Å². The van der Waals surface area contributed by atoms with Gasteiger partial charge in [-0.05, 0) is 25.0 Å². The second kappa shape index (κ2) is 6.54. The zero-order valence-corrected chi connectivity index (χ0v) is 13.1. The van der Waals surface area contributed by atoms with Crippen molar-refractivity contribution < 1.29 is 18.7 Å². The highest BCUT2D eigenvalue weighted by atomic mass is 79.9. The molecule has 0 unspecified atom stereocenters. The fourth-order valence-corrected chi connectivity index (χ4v) is 2.86. The maximum Gasteiger partial charge on any atom is 0.342 e. The average molecular weight is 346 g/mol. The number of hydrogen-bond acceptors (Lipinski definition) is 4. The van der Waals surface area contributed by atoms with Crippen molar-refractivity contribution in [2.75, 3.05) is 32.2 Å². The van der Waals surface area contributed by atoms with E-state index in [1.807, 2.05) is 4.90 Å². The largest absolute Gasteiger partial charge is 0.465 e. The molecule has 0 radical (unpaired) electrons. The van der Waals surface area contributed by atoms with Crippen LogP contribution in [0.4, 0.5) is 10.1 Å². The maximum atomic E-state index is 14.1. The van der Waals surface area contributed by atoms with Gasteiger partial charge in [0.25, 0.3) is 0 Å². The zero-order chi connectivity index (χ0) is 14.7. The van der Waals surface area contributed by atoms with Crippen LogP contribution in [0, 0.1) is 5.82 Å². The van der Waals surface area contributed by atoms with Gasteiger partial charge in [0.1, 0.15) is 11.4 Å². The fraction of sp³-hybridized carbons (Fsp3) is 0.500. The third kappa shape index (κ3) is 3.12. The normalized spacial score (nSPS) is 16.3. The Balaban J connectivity index is 2.33. The van der Waals surface area contributed by atoms with E-state index in [0.29, 0.717) is 10.2 Å². The summed E-state index contributed by atoms with van der Waals surface area (Å²) >= 11 is 3.27. The van der Waals surface area contributed by atoms with Crippen LogP contribution < -0.4 is 4.90 Å². The lowest BCUT2D eigenvalue weighted by Gasteiger charge is -2.34. The van der Waals surface area contributed by atoms with Gasteiger partial charge in [0.15, 0.2) is 0 Å². The number of methoxy groups -OCH3 is 2. The number of benzene rings is 1. The summed E-state index contributed by atoms with van der Waals surface area (Å²) in [5, 5.41) is 0. The topological polar surface area (TPSA) is 38.8 Å². The molecule has 6 heteroatoms. The van der Waals surface area contributed by atoms with Gasteiger partial charge >= 0.3 is 5.97 Å². The van der Waals surface area contributed by atoms with E-state index in [4.69, 9.17) is 4.74 Å². The SMILES string of the molecule is COC(=O)c1c(F)cc(Br)cc1N1CCC(OC)CC1. The molecule has 0 aromatic heterocycles. The molecule has 1 fully saturated rings. The third-order valence-electron chi connectivity index (χ3n) is 3.54. The number of rotatable bonds is 3. The van der Waals surface area contributed by atoms with Crippen molar-refractivity contribution >= 4 is 27.6 Å². The monoisotopic (exact) mass is 345 g/mol. The highest BCUT2D eigenvalue weighted by Gasteiger charge is 2.26. The molecule has 4 nitrogen and oxygen atoms in total. The Bertz CT molecular complexity index is 501. The first-order valence-corrected chi connectivity index (χ1v) is 7.21. The maximum absolute atomic E-state index is 14.1. The van der Waals surface area contributed by atoms with Crippen molar-refractivity contribution in [3.63, 3.8) is 0 Å². The molecule has 1 heterocycles. The zero-order valence-electron chi connectivity index (χ0n) is 11.5. The van der Waals surface area contributed by atoms with E-state index in [1.54, 1.807) is 13.2 Å². The van der Waals surface area contributed by atoms with Crippen LogP contribution in [0.2, 0.25) is 0 Å². The third-order valence-corrected chi connectivity index (χ3v) is 4.00. The minimum absolute atomic E-state index is 0.00781. The molecule has 20 heavy (non-hydrogen) atoms. The second-order valence-corrected chi connectivity index (χ2v) is 5.61. The molecule has 0 N–H and O–H groups in total. The molecule has 0 saturated carbocycles. The number of carbonyl (C=O) groups is 1. The Morgan fingerprint density at radius 2 is 2.00 bits per heavy atom. The van der Waals surface area contributed by atoms with Gasteiger partial charge < -0.3 is 14.4 Å². The minimum atomic E-state index is -0.654. The number of hydrogen-bond donors (Lipinski definition) is 0. The van der Waals surface area contributed by atoms with Crippen LogP contribution in [-0.2, 0) is 9.47 Å². The summed E-state index contributed by atoms with van der Waals surface area (Å²) in [6.07, 6.45) is 1.93. The first kappa shape index (κ1) is 15.3. The van der Waals surface area contributed by atoms with E-state index < -0.39 is 11.8 Å². The number of anilines is 1. The second-order valence-electron chi connectivity index (χ2n) is 4.70. The summed E-state index contributed by atoms with van der Waals surface area (Å²) in [4.78, 5) is 13.8. The standard InChI is InChI=1S/C14H17BrFNO3/c1-19-10-3-5-17(6-4-10)12-8-9(15)7-11(16)13(12)14(18)20-2/h7-8,10H,3-6H2,1-2H3. The van der Waals surface area contributed by atoms with Crippen molar-refractivity contribution in [3.8, 4) is 0 Å². The Labute approximate surface area is 126 Å². The lowest BCUT2D eigenvalue weighted by molar-refractivity contribution is 0.0595. The summed E-state index contributed by atoms with van der Waals surface area (Å²) in [5.41, 5.74) is 0.560. The van der Waals surface area contributed by atoms with Crippen molar-refractivity contribution in [3.05, 3.63) is 28.0 Å². The van der Waals surface area contributed by atoms with Crippen LogP contribution in [0.5, 0.6) is 0 Å². The molecule has 2 rings (SSSR count). The number of carbonyl (C=O) groups excluding carboxylic acids is 1. The molecule has 110 valence electrons. The summed E-state index contributed by atoms with van der Waals surface area (Å²) in [6, 6.07) is 3.03. The average Bonchev–Trinajstić information content (AvgIpc) is 2.46. The molecule has 0 atom stereocenters. The lowest BCUT2D eigenvalue weighted by atomic mass is 10.0. The summed E-state index contributed by atoms with van der Waals surface area (Å²) in [5.74, 6) is -1.23. The van der Waals surface area contributed by atoms with E-state index in [0.717, 1.165) is 25.9 Å². The molecule has 0 aliphatic carbocycles. The van der Waals surface area contributed by atoms with Gasteiger partial charge in [-0.2, -0.15) is 0 Å². The molecule has 1 aromatic rings. The summed E-state index contributed by atoms with van der Waals surface area (Å²) < 4.78 is 24.7. The Morgan fingerprint density at radius 1 is 1.35 bits per heavy atom. The molecule has 1 aliphatic heterocycles. The minimum Gasteiger partial charge on any atom is -0.465 e. The number of nitrogens with zero attached hydrogens (tertiary/aromatic N) is 1. The van der Waals surface area contributed by atoms with Crippen molar-refractivity contribution in [1.29, 1.82) is 0 Å². The van der Waals surface area contributed by atoms with Crippen LogP contribution >= 0.6 is 15.9 Å². The highest BCUT2D eigenvalue weighted by Crippen LogP contribution is 2.31. The fourth-order valence-electron chi connectivity index (χ4n) is 2.45. The van der Waals surface area contributed by atoms with Gasteiger partial charge in [-0.3, -0.25) is 0 Å². The van der Waals surface area contributed by atoms with Crippen molar-refractivity contribution in [2.24, 2.45) is 0 Å². The highest BCUT2D eigenvalue weighted by molar-refractivity contribution is 9.10. The van der Waals surface area contributed by atoms with Crippen molar-refractivity contribution in [1.82, 2.24) is 0 Å². The van der Waals surface area contributed by atoms with E-state index >= 15 is 0 Å². The molecule has 1 aliphatic rings. The molecular weight excluding hydrogens is 329 g/mol. The Hall–Kier alpha value is -1.14. The van der Waals surface area contributed by atoms with Gasteiger partial charge in [-0.25, -0.2) is 9.18 Å². The van der Waals surface area contributed by atoms with Crippen LogP contribution in [0.1, 0.15) is 23.2 Å². The molecular formula is C14H17BrFNO3. The molecule has 1 aromatic carbocycles. The number of esters is 1.